The van der Waals surface area contributed by atoms with Crippen molar-refractivity contribution in [1.29, 1.82) is 0 Å². The summed E-state index contributed by atoms with van der Waals surface area (Å²) in [6.07, 6.45) is 0.573. The molecule has 0 atom stereocenters. The second kappa shape index (κ2) is 9.89. The molecule has 3 rings (SSSR count). The Kier molecular flexibility index (Phi) is 7.03. The van der Waals surface area contributed by atoms with Crippen LogP contribution in [0.25, 0.3) is 0 Å². The Hall–Kier alpha value is -3.67. The molecular weight excluding hydrogens is 394 g/mol. The molecule has 2 aromatic carbocycles. The summed E-state index contributed by atoms with van der Waals surface area (Å²) >= 11 is 0. The summed E-state index contributed by atoms with van der Waals surface area (Å²) in [5.74, 6) is -1.62. The molecule has 0 saturated heterocycles. The number of Topliss-reactive ketones (excluding diaryl/α,β-unsaturated/α-hetero) is 1. The van der Waals surface area contributed by atoms with Gasteiger partial charge in [0.2, 0.25) is 5.78 Å². The lowest BCUT2D eigenvalue weighted by atomic mass is 10.00. The van der Waals surface area contributed by atoms with Crippen molar-refractivity contribution in [2.24, 2.45) is 0 Å². The van der Waals surface area contributed by atoms with Crippen LogP contribution in [0.2, 0.25) is 0 Å². The number of benzene rings is 2. The summed E-state index contributed by atoms with van der Waals surface area (Å²) in [5, 5.41) is 0. The minimum Gasteiger partial charge on any atom is -0.462 e. The van der Waals surface area contributed by atoms with Crippen LogP contribution in [0, 0.1) is 13.8 Å². The number of hydrogen-bond acceptors (Lipinski definition) is 5. The molecule has 0 aliphatic carbocycles. The minimum absolute atomic E-state index is 0.185. The van der Waals surface area contributed by atoms with Gasteiger partial charge in [0.15, 0.2) is 6.61 Å². The Balaban J connectivity index is 1.75. The molecule has 0 fully saturated rings. The van der Waals surface area contributed by atoms with Crippen molar-refractivity contribution in [3.8, 4) is 0 Å². The first-order valence-electron chi connectivity index (χ1n) is 10.1. The maximum Gasteiger partial charge on any atom is 0.340 e. The van der Waals surface area contributed by atoms with Gasteiger partial charge in [0.05, 0.1) is 23.3 Å². The van der Waals surface area contributed by atoms with Gasteiger partial charge in [0.1, 0.15) is 0 Å². The SMILES string of the molecule is CCOC(=O)c1c(C)[nH]c(C)c1C(=O)COC(=O)c1ccccc1Cc1ccccc1. The van der Waals surface area contributed by atoms with Gasteiger partial charge in [-0.25, -0.2) is 9.59 Å². The number of rotatable bonds is 8. The average Bonchev–Trinajstić information content (AvgIpc) is 3.07. The molecular formula is C25H25NO5. The second-order valence-corrected chi connectivity index (χ2v) is 7.16. The van der Waals surface area contributed by atoms with Crippen LogP contribution in [-0.4, -0.2) is 35.9 Å². The van der Waals surface area contributed by atoms with Gasteiger partial charge in [0, 0.05) is 11.4 Å². The van der Waals surface area contributed by atoms with E-state index < -0.39 is 24.3 Å². The Morgan fingerprint density at radius 2 is 1.45 bits per heavy atom. The van der Waals surface area contributed by atoms with E-state index >= 15 is 0 Å². The van der Waals surface area contributed by atoms with Crippen LogP contribution in [-0.2, 0) is 15.9 Å². The molecule has 6 heteroatoms. The van der Waals surface area contributed by atoms with Gasteiger partial charge >= 0.3 is 11.9 Å². The van der Waals surface area contributed by atoms with Gasteiger partial charge in [-0.1, -0.05) is 48.5 Å². The number of aryl methyl sites for hydroxylation is 2. The number of ether oxygens (including phenoxy) is 2. The number of hydrogen-bond donors (Lipinski definition) is 1. The monoisotopic (exact) mass is 419 g/mol. The van der Waals surface area contributed by atoms with Gasteiger partial charge in [0.25, 0.3) is 0 Å². The van der Waals surface area contributed by atoms with E-state index in [0.717, 1.165) is 11.1 Å². The normalized spacial score (nSPS) is 10.5. The third-order valence-electron chi connectivity index (χ3n) is 4.94. The molecule has 6 nitrogen and oxygen atoms in total. The van der Waals surface area contributed by atoms with Crippen molar-refractivity contribution < 1.29 is 23.9 Å². The van der Waals surface area contributed by atoms with Gasteiger partial charge in [-0.3, -0.25) is 4.79 Å². The van der Waals surface area contributed by atoms with Gasteiger partial charge in [-0.15, -0.1) is 0 Å². The summed E-state index contributed by atoms with van der Waals surface area (Å²) in [5.41, 5.74) is 3.74. The number of nitrogens with one attached hydrogen (secondary N) is 1. The van der Waals surface area contributed by atoms with Crippen molar-refractivity contribution in [2.75, 3.05) is 13.2 Å². The van der Waals surface area contributed by atoms with E-state index in [4.69, 9.17) is 9.47 Å². The maximum absolute atomic E-state index is 12.8. The highest BCUT2D eigenvalue weighted by Crippen LogP contribution is 2.21. The van der Waals surface area contributed by atoms with E-state index in [2.05, 4.69) is 4.98 Å². The van der Waals surface area contributed by atoms with E-state index in [9.17, 15) is 14.4 Å². The zero-order chi connectivity index (χ0) is 22.4. The topological polar surface area (TPSA) is 85.5 Å². The largest absolute Gasteiger partial charge is 0.462 e. The zero-order valence-corrected chi connectivity index (χ0v) is 17.9. The maximum atomic E-state index is 12.8. The molecule has 0 bridgehead atoms. The number of H-pyrrole nitrogens is 1. The first-order valence-corrected chi connectivity index (χ1v) is 10.1. The predicted octanol–water partition coefficient (Wildman–Crippen LogP) is 4.44. The third-order valence-corrected chi connectivity index (χ3v) is 4.94. The first kappa shape index (κ1) is 22.0. The summed E-state index contributed by atoms with van der Waals surface area (Å²) < 4.78 is 10.4. The van der Waals surface area contributed by atoms with Crippen LogP contribution in [0.5, 0.6) is 0 Å². The second-order valence-electron chi connectivity index (χ2n) is 7.16. The molecule has 0 unspecified atom stereocenters. The summed E-state index contributed by atoms with van der Waals surface area (Å²) in [7, 11) is 0. The quantitative estimate of drug-likeness (QED) is 0.431. The predicted molar refractivity (Wildman–Crippen MR) is 117 cm³/mol. The molecule has 0 aliphatic rings. The highest BCUT2D eigenvalue weighted by atomic mass is 16.5. The van der Waals surface area contributed by atoms with Crippen LogP contribution >= 0.6 is 0 Å². The molecule has 1 aromatic heterocycles. The average molecular weight is 419 g/mol. The summed E-state index contributed by atoms with van der Waals surface area (Å²) in [4.78, 5) is 40.8. The van der Waals surface area contributed by atoms with Crippen molar-refractivity contribution in [1.82, 2.24) is 4.98 Å². The van der Waals surface area contributed by atoms with Crippen LogP contribution < -0.4 is 0 Å². The van der Waals surface area contributed by atoms with Crippen LogP contribution in [0.4, 0.5) is 0 Å². The molecule has 1 heterocycles. The van der Waals surface area contributed by atoms with Crippen molar-refractivity contribution in [3.63, 3.8) is 0 Å². The van der Waals surface area contributed by atoms with E-state index in [0.29, 0.717) is 23.4 Å². The van der Waals surface area contributed by atoms with Crippen molar-refractivity contribution >= 4 is 17.7 Å². The van der Waals surface area contributed by atoms with Crippen LogP contribution in [0.1, 0.15) is 60.5 Å². The smallest absolute Gasteiger partial charge is 0.340 e. The third kappa shape index (κ3) is 5.09. The van der Waals surface area contributed by atoms with Crippen molar-refractivity contribution in [2.45, 2.75) is 27.2 Å². The lowest BCUT2D eigenvalue weighted by Gasteiger charge is -2.10. The molecule has 31 heavy (non-hydrogen) atoms. The fourth-order valence-electron chi connectivity index (χ4n) is 3.56. The molecule has 160 valence electrons. The molecule has 3 aromatic rings. The van der Waals surface area contributed by atoms with Crippen LogP contribution in [0.15, 0.2) is 54.6 Å². The molecule has 0 aliphatic heterocycles. The standard InChI is InChI=1S/C25H25NO5/c1-4-30-25(29)23-17(3)26-16(2)22(23)21(27)15-31-24(28)20-13-9-8-12-19(20)14-18-10-6-5-7-11-18/h5-13,26H,4,14-15H2,1-3H3. The molecule has 0 saturated carbocycles. The summed E-state index contributed by atoms with van der Waals surface area (Å²) in [6, 6.07) is 17.0. The molecule has 0 amide bonds. The number of carbonyl (C=O) groups is 3. The van der Waals surface area contributed by atoms with Crippen molar-refractivity contribution in [3.05, 3.63) is 93.8 Å². The van der Waals surface area contributed by atoms with E-state index in [1.807, 2.05) is 42.5 Å². The molecule has 0 spiro atoms. The Labute approximate surface area is 181 Å². The fourth-order valence-corrected chi connectivity index (χ4v) is 3.56. The number of aromatic nitrogens is 1. The molecule has 1 N–H and O–H groups in total. The van der Waals surface area contributed by atoms with Gasteiger partial charge in [-0.05, 0) is 44.4 Å². The Morgan fingerprint density at radius 1 is 0.806 bits per heavy atom. The number of carbonyl (C=O) groups excluding carboxylic acids is 3. The Bertz CT molecular complexity index is 1100. The van der Waals surface area contributed by atoms with Crippen LogP contribution in [0.3, 0.4) is 0 Å². The molecule has 0 radical (unpaired) electrons. The summed E-state index contributed by atoms with van der Waals surface area (Å²) in [6.45, 7) is 4.82. The number of esters is 2. The highest BCUT2D eigenvalue weighted by molar-refractivity contribution is 6.09. The number of aromatic amines is 1. The first-order chi connectivity index (χ1) is 14.9. The highest BCUT2D eigenvalue weighted by Gasteiger charge is 2.26. The van der Waals surface area contributed by atoms with E-state index in [1.54, 1.807) is 32.9 Å². The zero-order valence-electron chi connectivity index (χ0n) is 17.9. The van der Waals surface area contributed by atoms with E-state index in [-0.39, 0.29) is 17.7 Å². The minimum atomic E-state index is -0.581. The Morgan fingerprint density at radius 3 is 2.16 bits per heavy atom. The van der Waals surface area contributed by atoms with Gasteiger partial charge in [-0.2, -0.15) is 0 Å². The number of ketones is 1. The van der Waals surface area contributed by atoms with E-state index in [1.165, 1.54) is 0 Å². The lowest BCUT2D eigenvalue weighted by Crippen LogP contribution is -2.19. The fraction of sp³-hybridized carbons (Fsp3) is 0.240. The van der Waals surface area contributed by atoms with Gasteiger partial charge < -0.3 is 14.5 Å². The lowest BCUT2D eigenvalue weighted by molar-refractivity contribution is 0.0471.